The molecule has 2 amide bonds. The van der Waals surface area contributed by atoms with Gasteiger partial charge in [0.2, 0.25) is 0 Å². The molecule has 2 aliphatic rings. The number of carbonyl (C=O) groups excluding carboxylic acids is 2. The number of aromatic nitrogens is 1. The predicted octanol–water partition coefficient (Wildman–Crippen LogP) is 3.14. The Hall–Kier alpha value is -3.81. The normalized spacial score (nSPS) is 16.9. The number of anilines is 1. The van der Waals surface area contributed by atoms with E-state index in [1.165, 1.54) is 0 Å². The van der Waals surface area contributed by atoms with Crippen molar-refractivity contribution < 1.29 is 18.8 Å². The fraction of sp³-hybridized carbons (Fsp3) is 0.261. The summed E-state index contributed by atoms with van der Waals surface area (Å²) in [5.74, 6) is 0.934. The zero-order valence-electron chi connectivity index (χ0n) is 17.1. The second-order valence-corrected chi connectivity index (χ2v) is 7.81. The molecule has 3 aromatic rings. The number of benzene rings is 2. The van der Waals surface area contributed by atoms with E-state index in [0.717, 1.165) is 11.3 Å². The van der Waals surface area contributed by atoms with Crippen LogP contribution in [0.2, 0.25) is 0 Å². The molecular formula is C23H22N4O4. The Morgan fingerprint density at radius 2 is 1.90 bits per heavy atom. The fourth-order valence-corrected chi connectivity index (χ4v) is 4.16. The maximum absolute atomic E-state index is 13.0. The number of rotatable bonds is 3. The van der Waals surface area contributed by atoms with E-state index in [2.05, 4.69) is 15.8 Å². The number of amides is 2. The van der Waals surface area contributed by atoms with Gasteiger partial charge in [-0.05, 0) is 24.3 Å². The number of likely N-dealkylation sites (tertiary alicyclic amines) is 1. The summed E-state index contributed by atoms with van der Waals surface area (Å²) in [5.41, 5.74) is 1.97. The largest absolute Gasteiger partial charge is 0.497 e. The predicted molar refractivity (Wildman–Crippen MR) is 114 cm³/mol. The third-order valence-corrected chi connectivity index (χ3v) is 5.89. The average Bonchev–Trinajstić information content (AvgIpc) is 3.30. The summed E-state index contributed by atoms with van der Waals surface area (Å²) in [6, 6.07) is 16.5. The fourth-order valence-electron chi connectivity index (χ4n) is 4.16. The lowest BCUT2D eigenvalue weighted by Gasteiger charge is -2.45. The Labute approximate surface area is 179 Å². The maximum atomic E-state index is 13.0. The molecule has 31 heavy (non-hydrogen) atoms. The number of methoxy groups -OCH3 is 1. The average molecular weight is 418 g/mol. The summed E-state index contributed by atoms with van der Waals surface area (Å²) >= 11 is 0. The van der Waals surface area contributed by atoms with Crippen LogP contribution in [0.3, 0.4) is 0 Å². The molecule has 8 nitrogen and oxygen atoms in total. The van der Waals surface area contributed by atoms with Crippen molar-refractivity contribution in [3.8, 4) is 17.1 Å². The Morgan fingerprint density at radius 1 is 1.10 bits per heavy atom. The van der Waals surface area contributed by atoms with Gasteiger partial charge in [-0.3, -0.25) is 9.59 Å². The molecule has 2 N–H and O–H groups in total. The van der Waals surface area contributed by atoms with Gasteiger partial charge in [0.1, 0.15) is 11.4 Å². The van der Waals surface area contributed by atoms with E-state index in [9.17, 15) is 9.59 Å². The Bertz CT molecular complexity index is 1150. The molecule has 1 spiro atoms. The smallest absolute Gasteiger partial charge is 0.276 e. The molecule has 1 aromatic heterocycles. The minimum absolute atomic E-state index is 0.0893. The molecule has 2 aromatic carbocycles. The Kier molecular flexibility index (Phi) is 4.62. The minimum atomic E-state index is -0.544. The van der Waals surface area contributed by atoms with Crippen molar-refractivity contribution in [2.45, 2.75) is 18.5 Å². The van der Waals surface area contributed by atoms with E-state index in [0.29, 0.717) is 43.0 Å². The summed E-state index contributed by atoms with van der Waals surface area (Å²) < 4.78 is 10.6. The first kappa shape index (κ1) is 19.2. The van der Waals surface area contributed by atoms with Gasteiger partial charge in [0.15, 0.2) is 11.5 Å². The van der Waals surface area contributed by atoms with Crippen LogP contribution in [0.15, 0.2) is 59.1 Å². The number of fused-ring (bicyclic) bond motifs is 1. The van der Waals surface area contributed by atoms with Gasteiger partial charge in [0, 0.05) is 43.2 Å². The van der Waals surface area contributed by atoms with Crippen molar-refractivity contribution >= 4 is 17.5 Å². The monoisotopic (exact) mass is 418 g/mol. The second-order valence-electron chi connectivity index (χ2n) is 7.81. The third kappa shape index (κ3) is 3.50. The summed E-state index contributed by atoms with van der Waals surface area (Å²) in [6.45, 7) is 0.991. The van der Waals surface area contributed by atoms with Crippen LogP contribution in [-0.2, 0) is 0 Å². The zero-order chi connectivity index (χ0) is 21.4. The number of ether oxygens (including phenoxy) is 1. The van der Waals surface area contributed by atoms with Gasteiger partial charge in [0.25, 0.3) is 11.8 Å². The highest BCUT2D eigenvalue weighted by atomic mass is 16.5. The molecular weight excluding hydrogens is 396 g/mol. The molecule has 0 unspecified atom stereocenters. The maximum Gasteiger partial charge on any atom is 0.276 e. The lowest BCUT2D eigenvalue weighted by atomic mass is 9.92. The lowest BCUT2D eigenvalue weighted by molar-refractivity contribution is 0.0631. The first-order valence-electron chi connectivity index (χ1n) is 10.2. The van der Waals surface area contributed by atoms with Crippen LogP contribution in [0, 0.1) is 0 Å². The van der Waals surface area contributed by atoms with Crippen molar-refractivity contribution in [3.05, 3.63) is 65.9 Å². The van der Waals surface area contributed by atoms with E-state index in [-0.39, 0.29) is 17.5 Å². The summed E-state index contributed by atoms with van der Waals surface area (Å²) in [6.07, 6.45) is 1.19. The van der Waals surface area contributed by atoms with Crippen LogP contribution in [0.5, 0.6) is 5.75 Å². The lowest BCUT2D eigenvalue weighted by Crippen LogP contribution is -2.62. The minimum Gasteiger partial charge on any atom is -0.497 e. The molecule has 5 rings (SSSR count). The van der Waals surface area contributed by atoms with Crippen molar-refractivity contribution in [1.29, 1.82) is 0 Å². The van der Waals surface area contributed by atoms with E-state index in [4.69, 9.17) is 9.26 Å². The van der Waals surface area contributed by atoms with Gasteiger partial charge in [0.05, 0.1) is 12.7 Å². The summed E-state index contributed by atoms with van der Waals surface area (Å²) in [4.78, 5) is 27.2. The first-order chi connectivity index (χ1) is 15.1. The highest BCUT2D eigenvalue weighted by Gasteiger charge is 2.41. The van der Waals surface area contributed by atoms with Crippen LogP contribution >= 0.6 is 0 Å². The summed E-state index contributed by atoms with van der Waals surface area (Å²) in [5, 5.41) is 10.5. The molecule has 0 aliphatic carbocycles. The first-order valence-corrected chi connectivity index (χ1v) is 10.2. The van der Waals surface area contributed by atoms with E-state index in [1.807, 2.05) is 42.5 Å². The molecule has 0 bridgehead atoms. The van der Waals surface area contributed by atoms with E-state index in [1.54, 1.807) is 24.1 Å². The zero-order valence-corrected chi connectivity index (χ0v) is 17.1. The van der Waals surface area contributed by atoms with Gasteiger partial charge in [-0.2, -0.15) is 0 Å². The number of hydrogen-bond acceptors (Lipinski definition) is 6. The number of hydrogen-bond donors (Lipinski definition) is 2. The highest BCUT2D eigenvalue weighted by Crippen LogP contribution is 2.32. The third-order valence-electron chi connectivity index (χ3n) is 5.89. The molecule has 158 valence electrons. The second kappa shape index (κ2) is 7.46. The Morgan fingerprint density at radius 3 is 2.71 bits per heavy atom. The van der Waals surface area contributed by atoms with Crippen LogP contribution in [0.1, 0.15) is 33.7 Å². The van der Waals surface area contributed by atoms with Gasteiger partial charge in [-0.1, -0.05) is 29.4 Å². The van der Waals surface area contributed by atoms with E-state index < -0.39 is 5.66 Å². The van der Waals surface area contributed by atoms with Gasteiger partial charge >= 0.3 is 0 Å². The molecule has 3 heterocycles. The quantitative estimate of drug-likeness (QED) is 0.678. The number of piperidine rings is 1. The molecule has 8 heteroatoms. The molecule has 0 radical (unpaired) electrons. The SMILES string of the molecule is COc1cccc(-c2cc(C(=O)N3CCC4(CC3)NC(=O)c3ccccc3N4)no2)c1. The van der Waals surface area contributed by atoms with Gasteiger partial charge in [-0.15, -0.1) is 0 Å². The van der Waals surface area contributed by atoms with Gasteiger partial charge < -0.3 is 24.8 Å². The van der Waals surface area contributed by atoms with Crippen molar-refractivity contribution in [2.75, 3.05) is 25.5 Å². The van der Waals surface area contributed by atoms with Crippen molar-refractivity contribution in [1.82, 2.24) is 15.4 Å². The molecule has 1 fully saturated rings. The summed E-state index contributed by atoms with van der Waals surface area (Å²) in [7, 11) is 1.60. The highest BCUT2D eigenvalue weighted by molar-refractivity contribution is 6.02. The number of nitrogens with zero attached hydrogens (tertiary/aromatic N) is 2. The van der Waals surface area contributed by atoms with Gasteiger partial charge in [-0.25, -0.2) is 0 Å². The van der Waals surface area contributed by atoms with Crippen LogP contribution in [-0.4, -0.2) is 47.7 Å². The topological polar surface area (TPSA) is 96.7 Å². The Balaban J connectivity index is 1.28. The number of para-hydroxylation sites is 1. The molecule has 0 saturated carbocycles. The molecule has 1 saturated heterocycles. The van der Waals surface area contributed by atoms with E-state index >= 15 is 0 Å². The van der Waals surface area contributed by atoms with Crippen LogP contribution in [0.25, 0.3) is 11.3 Å². The molecule has 0 atom stereocenters. The van der Waals surface area contributed by atoms with Crippen LogP contribution in [0.4, 0.5) is 5.69 Å². The van der Waals surface area contributed by atoms with Crippen molar-refractivity contribution in [2.24, 2.45) is 0 Å². The van der Waals surface area contributed by atoms with Crippen molar-refractivity contribution in [3.63, 3.8) is 0 Å². The number of nitrogens with one attached hydrogen (secondary N) is 2. The van der Waals surface area contributed by atoms with Crippen LogP contribution < -0.4 is 15.4 Å². The number of carbonyl (C=O) groups is 2. The standard InChI is InChI=1S/C23H22N4O4/c1-30-16-6-4-5-15(13-16)20-14-19(26-31-20)22(29)27-11-9-23(10-12-27)24-18-8-3-2-7-17(18)21(28)25-23/h2-8,13-14,24H,9-12H2,1H3,(H,25,28). The molecule has 2 aliphatic heterocycles.